The number of aromatic hydroxyl groups is 1. The van der Waals surface area contributed by atoms with Crippen molar-refractivity contribution in [3.05, 3.63) is 29.3 Å². The number of phenols is 1. The van der Waals surface area contributed by atoms with E-state index >= 15 is 0 Å². The first kappa shape index (κ1) is 8.57. The van der Waals surface area contributed by atoms with Crippen molar-refractivity contribution in [1.82, 2.24) is 0 Å². The second kappa shape index (κ2) is 2.74. The summed E-state index contributed by atoms with van der Waals surface area (Å²) in [6, 6.07) is 5.66. The van der Waals surface area contributed by atoms with Crippen LogP contribution in [-0.4, -0.2) is 10.6 Å². The van der Waals surface area contributed by atoms with Crippen molar-refractivity contribution in [2.24, 2.45) is 5.73 Å². The van der Waals surface area contributed by atoms with Gasteiger partial charge in [-0.1, -0.05) is 6.07 Å². The van der Waals surface area contributed by atoms with Crippen molar-refractivity contribution < 1.29 is 5.11 Å². The first-order valence-electron chi connectivity index (χ1n) is 4.66. The number of phenolic OH excluding ortho intramolecular Hbond substituents is 1. The summed E-state index contributed by atoms with van der Waals surface area (Å²) in [6.45, 7) is 1.99. The quantitative estimate of drug-likeness (QED) is 0.722. The molecule has 1 aliphatic carbocycles. The maximum atomic E-state index is 9.37. The summed E-state index contributed by atoms with van der Waals surface area (Å²) < 4.78 is 0. The van der Waals surface area contributed by atoms with E-state index in [4.69, 9.17) is 5.73 Å². The van der Waals surface area contributed by atoms with Gasteiger partial charge in [0.15, 0.2) is 0 Å². The van der Waals surface area contributed by atoms with Gasteiger partial charge in [0.25, 0.3) is 0 Å². The fraction of sp³-hybridized carbons (Fsp3) is 0.455. The monoisotopic (exact) mass is 177 g/mol. The lowest BCUT2D eigenvalue weighted by Crippen LogP contribution is -2.24. The van der Waals surface area contributed by atoms with Gasteiger partial charge < -0.3 is 10.8 Å². The van der Waals surface area contributed by atoms with Gasteiger partial charge in [-0.05, 0) is 49.4 Å². The fourth-order valence-corrected chi connectivity index (χ4v) is 1.69. The zero-order valence-electron chi connectivity index (χ0n) is 7.88. The van der Waals surface area contributed by atoms with Crippen molar-refractivity contribution in [2.75, 3.05) is 0 Å². The molecule has 1 saturated carbocycles. The Hall–Kier alpha value is -1.02. The molecule has 70 valence electrons. The molecule has 2 nitrogen and oxygen atoms in total. The highest BCUT2D eigenvalue weighted by molar-refractivity contribution is 5.34. The predicted octanol–water partition coefficient (Wildman–Crippen LogP) is 1.73. The molecule has 0 aromatic heterocycles. The normalized spacial score (nSPS) is 18.6. The summed E-state index contributed by atoms with van der Waals surface area (Å²) in [5.41, 5.74) is 8.27. The second-order valence-corrected chi connectivity index (χ2v) is 4.22. The van der Waals surface area contributed by atoms with E-state index in [0.717, 1.165) is 30.4 Å². The molecule has 0 unspecified atom stereocenters. The van der Waals surface area contributed by atoms with Crippen molar-refractivity contribution in [3.8, 4) is 5.75 Å². The Morgan fingerprint density at radius 2 is 2.08 bits per heavy atom. The van der Waals surface area contributed by atoms with Crippen LogP contribution in [0.5, 0.6) is 5.75 Å². The van der Waals surface area contributed by atoms with Crippen LogP contribution in [0.1, 0.15) is 24.0 Å². The molecule has 1 aliphatic rings. The van der Waals surface area contributed by atoms with Crippen molar-refractivity contribution in [2.45, 2.75) is 31.7 Å². The topological polar surface area (TPSA) is 46.2 Å². The molecule has 0 bridgehead atoms. The molecule has 0 saturated heterocycles. The Bertz CT molecular complexity index is 309. The van der Waals surface area contributed by atoms with Crippen molar-refractivity contribution in [3.63, 3.8) is 0 Å². The molecule has 0 heterocycles. The lowest BCUT2D eigenvalue weighted by Gasteiger charge is -2.09. The number of hydrogen-bond acceptors (Lipinski definition) is 2. The summed E-state index contributed by atoms with van der Waals surface area (Å²) in [7, 11) is 0. The van der Waals surface area contributed by atoms with E-state index in [-0.39, 0.29) is 5.54 Å². The van der Waals surface area contributed by atoms with Crippen LogP contribution in [-0.2, 0) is 6.42 Å². The minimum absolute atomic E-state index is 0.0280. The number of aryl methyl sites for hydroxylation is 1. The van der Waals surface area contributed by atoms with E-state index in [0.29, 0.717) is 5.75 Å². The minimum atomic E-state index is 0.0280. The van der Waals surface area contributed by atoms with Gasteiger partial charge in [-0.25, -0.2) is 0 Å². The van der Waals surface area contributed by atoms with Crippen LogP contribution in [0.2, 0.25) is 0 Å². The number of benzene rings is 1. The predicted molar refractivity (Wildman–Crippen MR) is 52.7 cm³/mol. The smallest absolute Gasteiger partial charge is 0.116 e. The zero-order chi connectivity index (χ0) is 9.47. The second-order valence-electron chi connectivity index (χ2n) is 4.22. The molecular weight excluding hydrogens is 162 g/mol. The number of rotatable bonds is 2. The molecule has 0 spiro atoms. The third-order valence-corrected chi connectivity index (χ3v) is 2.57. The van der Waals surface area contributed by atoms with Gasteiger partial charge >= 0.3 is 0 Å². The molecule has 2 heteroatoms. The first-order valence-corrected chi connectivity index (χ1v) is 4.66. The Labute approximate surface area is 78.4 Å². The van der Waals surface area contributed by atoms with Gasteiger partial charge in [-0.3, -0.25) is 0 Å². The summed E-state index contributed by atoms with van der Waals surface area (Å²) in [6.07, 6.45) is 3.12. The third kappa shape index (κ3) is 2.01. The van der Waals surface area contributed by atoms with Gasteiger partial charge in [0.2, 0.25) is 0 Å². The fourth-order valence-electron chi connectivity index (χ4n) is 1.69. The summed E-state index contributed by atoms with van der Waals surface area (Å²) in [4.78, 5) is 0. The lowest BCUT2D eigenvalue weighted by molar-refractivity contribution is 0.473. The van der Waals surface area contributed by atoms with E-state index in [1.165, 1.54) is 0 Å². The van der Waals surface area contributed by atoms with E-state index in [1.54, 1.807) is 12.1 Å². The molecule has 0 radical (unpaired) electrons. The van der Waals surface area contributed by atoms with Gasteiger partial charge in [0.1, 0.15) is 5.75 Å². The van der Waals surface area contributed by atoms with Gasteiger partial charge in [-0.2, -0.15) is 0 Å². The Morgan fingerprint density at radius 1 is 1.38 bits per heavy atom. The lowest BCUT2D eigenvalue weighted by atomic mass is 10.0. The maximum absolute atomic E-state index is 9.37. The van der Waals surface area contributed by atoms with E-state index < -0.39 is 0 Å². The summed E-state index contributed by atoms with van der Waals surface area (Å²) in [5, 5.41) is 9.37. The van der Waals surface area contributed by atoms with Crippen LogP contribution < -0.4 is 5.73 Å². The number of hydrogen-bond donors (Lipinski definition) is 2. The average molecular weight is 177 g/mol. The van der Waals surface area contributed by atoms with Gasteiger partial charge in [-0.15, -0.1) is 0 Å². The highest BCUT2D eigenvalue weighted by atomic mass is 16.3. The minimum Gasteiger partial charge on any atom is -0.508 e. The van der Waals surface area contributed by atoms with E-state index in [1.807, 2.05) is 6.92 Å². The zero-order valence-corrected chi connectivity index (χ0v) is 7.88. The van der Waals surface area contributed by atoms with Crippen LogP contribution >= 0.6 is 0 Å². The van der Waals surface area contributed by atoms with Crippen LogP contribution in [0, 0.1) is 6.92 Å². The van der Waals surface area contributed by atoms with Crippen LogP contribution in [0.15, 0.2) is 18.2 Å². The molecule has 13 heavy (non-hydrogen) atoms. The van der Waals surface area contributed by atoms with Crippen molar-refractivity contribution in [1.29, 1.82) is 0 Å². The molecular formula is C11H15NO. The summed E-state index contributed by atoms with van der Waals surface area (Å²) in [5.74, 6) is 0.347. The van der Waals surface area contributed by atoms with Gasteiger partial charge in [0.05, 0.1) is 0 Å². The molecule has 1 aromatic rings. The third-order valence-electron chi connectivity index (χ3n) is 2.57. The molecule has 0 atom stereocenters. The maximum Gasteiger partial charge on any atom is 0.116 e. The molecule has 1 fully saturated rings. The summed E-state index contributed by atoms with van der Waals surface area (Å²) >= 11 is 0. The first-order chi connectivity index (χ1) is 6.07. The standard InChI is InChI=1S/C11H15NO/c1-8-4-9(6-10(13)5-8)7-11(12)2-3-11/h4-6,13H,2-3,7,12H2,1H3. The van der Waals surface area contributed by atoms with Crippen LogP contribution in [0.25, 0.3) is 0 Å². The molecule has 0 aliphatic heterocycles. The highest BCUT2D eigenvalue weighted by Gasteiger charge is 2.37. The van der Waals surface area contributed by atoms with Crippen molar-refractivity contribution >= 4 is 0 Å². The molecule has 2 rings (SSSR count). The Balaban J connectivity index is 2.20. The Morgan fingerprint density at radius 3 is 2.62 bits per heavy atom. The molecule has 3 N–H and O–H groups in total. The van der Waals surface area contributed by atoms with Crippen LogP contribution in [0.3, 0.4) is 0 Å². The molecule has 0 amide bonds. The molecule has 1 aromatic carbocycles. The Kier molecular flexibility index (Phi) is 1.81. The SMILES string of the molecule is Cc1cc(O)cc(CC2(N)CC2)c1. The van der Waals surface area contributed by atoms with E-state index in [2.05, 4.69) is 6.07 Å². The van der Waals surface area contributed by atoms with Gasteiger partial charge in [0, 0.05) is 5.54 Å². The van der Waals surface area contributed by atoms with E-state index in [9.17, 15) is 5.11 Å². The average Bonchev–Trinajstić information content (AvgIpc) is 2.64. The van der Waals surface area contributed by atoms with Crippen LogP contribution in [0.4, 0.5) is 0 Å². The number of nitrogens with two attached hydrogens (primary N) is 1. The highest BCUT2D eigenvalue weighted by Crippen LogP contribution is 2.36. The largest absolute Gasteiger partial charge is 0.508 e.